The van der Waals surface area contributed by atoms with Gasteiger partial charge >= 0.3 is 0 Å². The van der Waals surface area contributed by atoms with Crippen LogP contribution < -0.4 is 9.64 Å². The first-order chi connectivity index (χ1) is 15.4. The molecule has 32 heavy (non-hydrogen) atoms. The molecule has 1 aliphatic carbocycles. The Kier molecular flexibility index (Phi) is 6.80. The van der Waals surface area contributed by atoms with Crippen LogP contribution in [-0.4, -0.2) is 94.3 Å². The Morgan fingerprint density at radius 2 is 1.81 bits per heavy atom. The van der Waals surface area contributed by atoms with Crippen LogP contribution in [0.1, 0.15) is 44.9 Å². The summed E-state index contributed by atoms with van der Waals surface area (Å²) in [4.78, 5) is 39.3. The number of carbonyl (C=O) groups is 2. The summed E-state index contributed by atoms with van der Waals surface area (Å²) in [6.07, 6.45) is 5.73. The zero-order valence-corrected chi connectivity index (χ0v) is 18.7. The number of hydrogen-bond donors (Lipinski definition) is 2. The number of likely N-dealkylation sites (tertiary alicyclic amines) is 1. The van der Waals surface area contributed by atoms with Gasteiger partial charge in [-0.2, -0.15) is 4.98 Å². The quantitative estimate of drug-likeness (QED) is 0.461. The number of aliphatic hydroxyl groups excluding tert-OH is 1. The van der Waals surface area contributed by atoms with Gasteiger partial charge in [-0.15, -0.1) is 0 Å². The molecule has 2 N–H and O–H groups in total. The van der Waals surface area contributed by atoms with Crippen molar-refractivity contribution in [3.63, 3.8) is 0 Å². The number of aliphatic hydroxyl groups is 1. The Hall–Kier alpha value is -2.46. The molecular weight excluding hydrogens is 414 g/mol. The summed E-state index contributed by atoms with van der Waals surface area (Å²) in [7, 11) is 1.46. The number of nitrogens with zero attached hydrogens (tertiary/aromatic N) is 5. The largest absolute Gasteiger partial charge is 0.502 e. The fourth-order valence-corrected chi connectivity index (χ4v) is 5.22. The average molecular weight is 448 g/mol. The lowest BCUT2D eigenvalue weighted by atomic mass is 9.74. The number of piperidine rings is 1. The van der Waals surface area contributed by atoms with Crippen molar-refractivity contribution in [2.75, 3.05) is 51.3 Å². The molecule has 1 atom stereocenters. The van der Waals surface area contributed by atoms with Crippen LogP contribution in [0.3, 0.4) is 0 Å². The summed E-state index contributed by atoms with van der Waals surface area (Å²) in [5.41, 5.74) is -0.504. The monoisotopic (exact) mass is 447 g/mol. The third kappa shape index (κ3) is 4.52. The number of ether oxygens (including phenoxy) is 1. The van der Waals surface area contributed by atoms with Crippen LogP contribution in [0.2, 0.25) is 0 Å². The van der Waals surface area contributed by atoms with E-state index in [0.29, 0.717) is 18.9 Å². The standard InChI is InChI=1S/C22H33N5O5/c1-32-19-16(28)15-23-21(24-19)26-12-10-25(11-13-26)8-4-5-9-27-17(29)14-22(6-2-3-7-22)18(30)20(27)31/h15,18,28,30H,2-14H2,1H3. The first-order valence-corrected chi connectivity index (χ1v) is 11.5. The second-order valence-electron chi connectivity index (χ2n) is 9.13. The lowest BCUT2D eigenvalue weighted by Crippen LogP contribution is -2.56. The predicted molar refractivity (Wildman–Crippen MR) is 116 cm³/mol. The highest BCUT2D eigenvalue weighted by molar-refractivity contribution is 6.01. The molecule has 176 valence electrons. The fraction of sp³-hybridized carbons (Fsp3) is 0.727. The lowest BCUT2D eigenvalue weighted by molar-refractivity contribution is -0.166. The maximum atomic E-state index is 12.6. The number of piperazine rings is 1. The van der Waals surface area contributed by atoms with E-state index >= 15 is 0 Å². The number of hydrogen-bond acceptors (Lipinski definition) is 9. The fourth-order valence-electron chi connectivity index (χ4n) is 5.22. The van der Waals surface area contributed by atoms with Crippen molar-refractivity contribution < 1.29 is 24.5 Å². The van der Waals surface area contributed by atoms with Crippen molar-refractivity contribution >= 4 is 17.8 Å². The first-order valence-electron chi connectivity index (χ1n) is 11.5. The molecule has 1 aromatic rings. The molecule has 2 saturated heterocycles. The number of methoxy groups -OCH3 is 1. The number of imide groups is 1. The van der Waals surface area contributed by atoms with E-state index in [1.165, 1.54) is 18.2 Å². The normalized spacial score (nSPS) is 23.9. The molecule has 4 rings (SSSR count). The van der Waals surface area contributed by atoms with E-state index in [-0.39, 0.29) is 17.5 Å². The highest BCUT2D eigenvalue weighted by Gasteiger charge is 2.51. The lowest BCUT2D eigenvalue weighted by Gasteiger charge is -2.41. The topological polar surface area (TPSA) is 119 Å². The van der Waals surface area contributed by atoms with Crippen LogP contribution in [0.25, 0.3) is 0 Å². The zero-order chi connectivity index (χ0) is 22.7. The molecule has 2 amide bonds. The van der Waals surface area contributed by atoms with Crippen LogP contribution in [0, 0.1) is 5.41 Å². The van der Waals surface area contributed by atoms with E-state index in [4.69, 9.17) is 4.74 Å². The van der Waals surface area contributed by atoms with Gasteiger partial charge in [0.15, 0.2) is 5.75 Å². The Balaban J connectivity index is 1.19. The van der Waals surface area contributed by atoms with Crippen molar-refractivity contribution in [1.82, 2.24) is 19.8 Å². The molecule has 10 heteroatoms. The molecule has 0 radical (unpaired) electrons. The number of amides is 2. The van der Waals surface area contributed by atoms with Crippen molar-refractivity contribution in [1.29, 1.82) is 0 Å². The molecule has 3 aliphatic rings. The average Bonchev–Trinajstić information content (AvgIpc) is 3.27. The maximum absolute atomic E-state index is 12.6. The summed E-state index contributed by atoms with van der Waals surface area (Å²) in [6.45, 7) is 4.52. The van der Waals surface area contributed by atoms with E-state index < -0.39 is 17.4 Å². The Morgan fingerprint density at radius 3 is 2.50 bits per heavy atom. The number of unbranched alkanes of at least 4 members (excludes halogenated alkanes) is 1. The molecular formula is C22H33N5O5. The van der Waals surface area contributed by atoms with E-state index in [9.17, 15) is 19.8 Å². The van der Waals surface area contributed by atoms with Crippen LogP contribution in [0.5, 0.6) is 11.6 Å². The summed E-state index contributed by atoms with van der Waals surface area (Å²) in [5.74, 6) is 0.107. The summed E-state index contributed by atoms with van der Waals surface area (Å²) in [6, 6.07) is 0. The molecule has 1 spiro atoms. The van der Waals surface area contributed by atoms with Gasteiger partial charge in [0, 0.05) is 44.6 Å². The smallest absolute Gasteiger partial charge is 0.261 e. The molecule has 1 unspecified atom stereocenters. The molecule has 3 heterocycles. The van der Waals surface area contributed by atoms with Gasteiger partial charge in [-0.25, -0.2) is 4.98 Å². The molecule has 1 aromatic heterocycles. The van der Waals surface area contributed by atoms with Crippen LogP contribution in [0.4, 0.5) is 5.95 Å². The number of carbonyl (C=O) groups excluding carboxylic acids is 2. The Bertz CT molecular complexity index is 836. The third-order valence-corrected chi connectivity index (χ3v) is 7.16. The molecule has 0 aromatic carbocycles. The van der Waals surface area contributed by atoms with E-state index in [1.807, 2.05) is 0 Å². The number of rotatable bonds is 7. The summed E-state index contributed by atoms with van der Waals surface area (Å²) in [5, 5.41) is 20.2. The highest BCUT2D eigenvalue weighted by atomic mass is 16.5. The number of aromatic nitrogens is 2. The van der Waals surface area contributed by atoms with E-state index in [2.05, 4.69) is 19.8 Å². The summed E-state index contributed by atoms with van der Waals surface area (Å²) < 4.78 is 5.06. The van der Waals surface area contributed by atoms with E-state index in [1.54, 1.807) is 0 Å². The Morgan fingerprint density at radius 1 is 1.12 bits per heavy atom. The van der Waals surface area contributed by atoms with Gasteiger partial charge in [-0.05, 0) is 32.2 Å². The van der Waals surface area contributed by atoms with Gasteiger partial charge < -0.3 is 19.8 Å². The third-order valence-electron chi connectivity index (χ3n) is 7.16. The van der Waals surface area contributed by atoms with Crippen molar-refractivity contribution in [2.45, 2.75) is 51.0 Å². The minimum Gasteiger partial charge on any atom is -0.502 e. The van der Waals surface area contributed by atoms with Crippen molar-refractivity contribution in [3.05, 3.63) is 6.20 Å². The highest BCUT2D eigenvalue weighted by Crippen LogP contribution is 2.47. The second kappa shape index (κ2) is 9.58. The zero-order valence-electron chi connectivity index (χ0n) is 18.7. The maximum Gasteiger partial charge on any atom is 0.261 e. The Labute approximate surface area is 188 Å². The summed E-state index contributed by atoms with van der Waals surface area (Å²) >= 11 is 0. The van der Waals surface area contributed by atoms with E-state index in [0.717, 1.165) is 71.2 Å². The van der Waals surface area contributed by atoms with Crippen LogP contribution in [0.15, 0.2) is 6.20 Å². The molecule has 2 aliphatic heterocycles. The minimum atomic E-state index is -1.03. The second-order valence-corrected chi connectivity index (χ2v) is 9.13. The molecule has 0 bridgehead atoms. The van der Waals surface area contributed by atoms with Crippen LogP contribution >= 0.6 is 0 Å². The molecule has 10 nitrogen and oxygen atoms in total. The van der Waals surface area contributed by atoms with Crippen LogP contribution in [-0.2, 0) is 9.59 Å². The number of aromatic hydroxyl groups is 1. The van der Waals surface area contributed by atoms with Gasteiger partial charge in [0.05, 0.1) is 13.3 Å². The molecule has 1 saturated carbocycles. The predicted octanol–water partition coefficient (Wildman–Crippen LogP) is 0.773. The molecule has 3 fully saturated rings. The van der Waals surface area contributed by atoms with Gasteiger partial charge in [0.2, 0.25) is 11.9 Å². The van der Waals surface area contributed by atoms with Gasteiger partial charge in [0.1, 0.15) is 6.10 Å². The first kappa shape index (κ1) is 22.7. The minimum absolute atomic E-state index is 0.0773. The SMILES string of the molecule is COc1nc(N2CCN(CCCCN3C(=O)CC4(CCCC4)C(O)C3=O)CC2)ncc1O. The van der Waals surface area contributed by atoms with Gasteiger partial charge in [-0.1, -0.05) is 12.8 Å². The number of anilines is 1. The van der Waals surface area contributed by atoms with Gasteiger partial charge in [-0.3, -0.25) is 19.4 Å². The van der Waals surface area contributed by atoms with Gasteiger partial charge in [0.25, 0.3) is 11.8 Å². The van der Waals surface area contributed by atoms with Crippen molar-refractivity contribution in [2.24, 2.45) is 5.41 Å². The van der Waals surface area contributed by atoms with Crippen molar-refractivity contribution in [3.8, 4) is 11.6 Å².